The topological polar surface area (TPSA) is 259 Å². The Hall–Kier alpha value is -3.34. The van der Waals surface area contributed by atoms with E-state index in [0.717, 1.165) is 84.4 Å². The Balaban J connectivity index is -0.0000000341. The molecule has 0 aromatic heterocycles. The SMILES string of the molecule is C1=NCCCN1.C1=NCCCO1.C1=NCNN1.C1=NCON1.C1=NNCO1.C1=NNCS1.C1=NOCO1.C1CCCCC1.C1CCNCC1.C1CNCCN1.C1COCOC1.C1CSCSC1.CC.CC.CC.CC.CC.CC.CC.CC.CC.CC.CC.CC.CC.CC.CC.CC.CC.CC.CC.CC.CC.CC.CC.CC. The summed E-state index contributed by atoms with van der Waals surface area (Å²) in [6.07, 6.45) is 27.0. The zero-order valence-corrected chi connectivity index (χ0v) is 90.2. The fraction of sp³-hybridized carbons (Fsp3) is 0.921. The highest BCUT2D eigenvalue weighted by atomic mass is 32.2. The van der Waals surface area contributed by atoms with Crippen molar-refractivity contribution in [2.24, 2.45) is 35.3 Å². The van der Waals surface area contributed by atoms with Gasteiger partial charge in [0.1, 0.15) is 19.8 Å². The van der Waals surface area contributed by atoms with E-state index in [1.165, 1.54) is 126 Å². The van der Waals surface area contributed by atoms with Crippen LogP contribution in [0.4, 0.5) is 0 Å². The van der Waals surface area contributed by atoms with Crippen molar-refractivity contribution >= 4 is 79.0 Å². The number of nitrogens with one attached hydrogen (secondary N) is 9. The normalized spacial score (nSPS) is 13.6. The lowest BCUT2D eigenvalue weighted by Gasteiger charge is -2.11. The Kier molecular flexibility index (Phi) is 508. The van der Waals surface area contributed by atoms with E-state index in [-0.39, 0.29) is 6.79 Å². The first-order valence-corrected chi connectivity index (χ1v) is 50.9. The lowest BCUT2D eigenvalue weighted by molar-refractivity contribution is -0.0963. The van der Waals surface area contributed by atoms with Gasteiger partial charge in [0.15, 0.2) is 26.3 Å². The first-order chi connectivity index (χ1) is 57.5. The van der Waals surface area contributed by atoms with Gasteiger partial charge in [-0.1, -0.05) is 394 Å². The molecule has 12 aliphatic rings. The van der Waals surface area contributed by atoms with E-state index >= 15 is 0 Å². The standard InChI is InChI=1S/C6H12.C5H11N.C4H10N2.C4H8N2.C4H7NO.C4H8O2.C4H8S2.C2H5N3.2C2H4N2O.C2H4N2S.C2H3NO2.24C2H6/c2*1-2-4-6-5-3-1;1-2-6-4-3-5-1;4*1-2-5-4-6-3-1;1-3-2-5-4-1;1-3-4-2-5-1;1-3-2-5-4-1;1-3-4-2-5-1;1-3-5-2-4-1;24*1-2/h1-6H2;6H,1-5H2;5-6H,1-4H2;4H,1-3H2,(H,5,6);4H,1-3H2;2*1-4H2;1,5H,2H2,(H,3,4);1,4H,2H2;1H,2H2,(H,3,4);1,4H,2H2;1H,2H2;24*1-2H3. The van der Waals surface area contributed by atoms with Crippen LogP contribution in [0, 0.1) is 0 Å². The van der Waals surface area contributed by atoms with Gasteiger partial charge >= 0.3 is 0 Å². The van der Waals surface area contributed by atoms with Crippen molar-refractivity contribution in [1.29, 1.82) is 0 Å². The van der Waals surface area contributed by atoms with Crippen LogP contribution in [0.25, 0.3) is 0 Å². The smallest absolute Gasteiger partial charge is 0.257 e. The summed E-state index contributed by atoms with van der Waals surface area (Å²) in [6, 6.07) is 0. The number of hydrazine groups is 1. The molecule has 1 aliphatic carbocycles. The molecule has 23 nitrogen and oxygen atoms in total. The number of nitrogens with zero attached hydrogens (tertiary/aromatic N) is 7. The second-order valence-corrected chi connectivity index (χ2v) is 17.5. The third-order valence-corrected chi connectivity index (χ3v) is 11.5. The van der Waals surface area contributed by atoms with Crippen LogP contribution in [0.2, 0.25) is 0 Å². The molecule has 1 saturated carbocycles. The highest BCUT2D eigenvalue weighted by Gasteiger charge is 1.98. The van der Waals surface area contributed by atoms with E-state index < -0.39 is 0 Å². The van der Waals surface area contributed by atoms with Crippen LogP contribution in [-0.2, 0) is 33.4 Å². The number of piperidine rings is 1. The first kappa shape index (κ1) is 178. The van der Waals surface area contributed by atoms with Crippen molar-refractivity contribution in [3.63, 3.8) is 0 Å². The number of rotatable bonds is 0. The van der Waals surface area contributed by atoms with Crippen molar-refractivity contribution < 1.29 is 33.4 Å². The Morgan fingerprint density at radius 2 is 0.748 bits per heavy atom. The summed E-state index contributed by atoms with van der Waals surface area (Å²) in [4.78, 5) is 23.9. The number of hydrazone groups is 2. The van der Waals surface area contributed by atoms with Gasteiger partial charge in [-0.2, -0.15) is 28.6 Å². The van der Waals surface area contributed by atoms with E-state index in [9.17, 15) is 0 Å². The Labute approximate surface area is 742 Å². The molecule has 0 aromatic rings. The van der Waals surface area contributed by atoms with E-state index in [4.69, 9.17) is 14.2 Å². The van der Waals surface area contributed by atoms with E-state index in [2.05, 4.69) is 126 Å². The molecule has 115 heavy (non-hydrogen) atoms. The maximum Gasteiger partial charge on any atom is 0.257 e. The van der Waals surface area contributed by atoms with Gasteiger partial charge in [0.2, 0.25) is 6.40 Å². The van der Waals surface area contributed by atoms with Crippen molar-refractivity contribution in [2.75, 3.05) is 135 Å². The molecule has 11 heterocycles. The molecule has 0 unspecified atom stereocenters. The largest absolute Gasteiger partial charge is 0.483 e. The molecule has 26 heteroatoms. The molecular weight excluding hydrogens is 1500 g/mol. The Bertz CT molecular complexity index is 927. The Morgan fingerprint density at radius 1 is 0.322 bits per heavy atom. The average Bonchev–Trinajstić information content (AvgIpc) is 2.91. The second-order valence-electron chi connectivity index (χ2n) is 14.1. The predicted octanol–water partition coefficient (Wildman–Crippen LogP) is 27.8. The maximum atomic E-state index is 4.85. The fourth-order valence-corrected chi connectivity index (χ4v) is 7.81. The quantitative estimate of drug-likeness (QED) is 0.109. The van der Waals surface area contributed by atoms with Gasteiger partial charge in [0, 0.05) is 57.3 Å². The van der Waals surface area contributed by atoms with Gasteiger partial charge in [-0.25, -0.2) is 10.4 Å². The molecule has 0 aromatic carbocycles. The molecule has 9 N–H and O–H groups in total. The number of oxime groups is 1. The van der Waals surface area contributed by atoms with Crippen LogP contribution >= 0.6 is 35.3 Å². The number of ether oxygens (including phenoxy) is 5. The van der Waals surface area contributed by atoms with Gasteiger partial charge in [-0.3, -0.25) is 36.1 Å². The monoisotopic (exact) mass is 1730 g/mol. The van der Waals surface area contributed by atoms with Crippen molar-refractivity contribution in [1.82, 2.24) is 48.5 Å². The maximum absolute atomic E-state index is 4.85. The zero-order chi connectivity index (χ0) is 95.4. The minimum atomic E-state index is 0.278. The van der Waals surface area contributed by atoms with Crippen LogP contribution in [0.15, 0.2) is 35.3 Å². The van der Waals surface area contributed by atoms with Crippen molar-refractivity contribution in [2.45, 2.75) is 416 Å². The predicted molar refractivity (Wildman–Crippen MR) is 553 cm³/mol. The minimum absolute atomic E-state index is 0.278. The molecule has 0 atom stereocenters. The molecule has 0 radical (unpaired) electrons. The third-order valence-electron chi connectivity index (χ3n) is 8.48. The summed E-state index contributed by atoms with van der Waals surface area (Å²) < 4.78 is 23.4. The lowest BCUT2D eigenvalue weighted by Crippen LogP contribution is -2.39. The van der Waals surface area contributed by atoms with Crippen LogP contribution in [0.3, 0.4) is 0 Å². The summed E-state index contributed by atoms with van der Waals surface area (Å²) >= 11 is 5.79. The second kappa shape index (κ2) is 328. The Morgan fingerprint density at radius 3 is 0.852 bits per heavy atom. The summed E-state index contributed by atoms with van der Waals surface area (Å²) in [6.45, 7) is 111. The van der Waals surface area contributed by atoms with Gasteiger partial charge in [-0.15, -0.1) is 5.10 Å². The van der Waals surface area contributed by atoms with E-state index in [0.29, 0.717) is 26.9 Å². The number of hydrogen-bond donors (Lipinski definition) is 9. The number of hydroxylamine groups is 1. The summed E-state index contributed by atoms with van der Waals surface area (Å²) in [7, 11) is 0. The minimum Gasteiger partial charge on any atom is -0.483 e. The summed E-state index contributed by atoms with van der Waals surface area (Å²) in [5, 5.41) is 24.4. The highest BCUT2D eigenvalue weighted by molar-refractivity contribution is 8.16. The first-order valence-electron chi connectivity index (χ1n) is 47.5. The van der Waals surface area contributed by atoms with E-state index in [1.807, 2.05) is 332 Å². The molecular formula is C89H228N16O7S3. The number of thioether (sulfide) groups is 3. The van der Waals surface area contributed by atoms with Crippen LogP contribution in [0.1, 0.15) is 416 Å². The third kappa shape index (κ3) is 322. The van der Waals surface area contributed by atoms with Crippen molar-refractivity contribution in [3.8, 4) is 0 Å². The molecule has 11 aliphatic heterocycles. The van der Waals surface area contributed by atoms with Gasteiger partial charge in [0.25, 0.3) is 6.79 Å². The molecule has 0 spiro atoms. The van der Waals surface area contributed by atoms with Gasteiger partial charge in [-0.05, 0) is 56.7 Å². The number of hydrogen-bond acceptors (Lipinski definition) is 26. The molecule has 0 bridgehead atoms. The molecule has 4 saturated heterocycles. The van der Waals surface area contributed by atoms with Crippen LogP contribution in [0.5, 0.6) is 0 Å². The molecule has 12 rings (SSSR count). The van der Waals surface area contributed by atoms with E-state index in [1.54, 1.807) is 30.0 Å². The molecule has 724 valence electrons. The van der Waals surface area contributed by atoms with Crippen LogP contribution in [-0.4, -0.2) is 179 Å². The molecule has 5 fully saturated rings. The zero-order valence-electron chi connectivity index (χ0n) is 87.8. The summed E-state index contributed by atoms with van der Waals surface area (Å²) in [5.41, 5.74) is 15.0. The lowest BCUT2D eigenvalue weighted by atomic mass is 10.0. The number of piperazine rings is 1. The van der Waals surface area contributed by atoms with Gasteiger partial charge < -0.3 is 55.2 Å². The molecule has 0 amide bonds. The summed E-state index contributed by atoms with van der Waals surface area (Å²) in [5.74, 6) is 3.74. The number of aliphatic imine (C=N–C) groups is 4. The van der Waals surface area contributed by atoms with Gasteiger partial charge in [0.05, 0.1) is 43.9 Å². The fourth-order valence-electron chi connectivity index (χ4n) is 5.15. The highest BCUT2D eigenvalue weighted by Crippen LogP contribution is 2.20. The van der Waals surface area contributed by atoms with Crippen molar-refractivity contribution in [3.05, 3.63) is 0 Å². The average molecular weight is 1730 g/mol. The van der Waals surface area contributed by atoms with Crippen LogP contribution < -0.4 is 48.5 Å².